The number of anilines is 1. The van der Waals surface area contributed by atoms with Crippen molar-refractivity contribution in [3.05, 3.63) is 10.7 Å². The maximum Gasteiger partial charge on any atom is 0.361 e. The Hall–Kier alpha value is -1.23. The van der Waals surface area contributed by atoms with Gasteiger partial charge in [0.2, 0.25) is 0 Å². The number of carbonyl (C=O) groups is 1. The number of hydrogen-bond donors (Lipinski definition) is 1. The smallest absolute Gasteiger partial charge is 0.361 e. The van der Waals surface area contributed by atoms with Gasteiger partial charge in [-0.15, -0.1) is 0 Å². The fourth-order valence-corrected chi connectivity index (χ4v) is 1.21. The Kier molecular flexibility index (Phi) is 2.95. The Bertz CT molecular complexity index is 393. The average Bonchev–Trinajstić information content (AvgIpc) is 2.30. The second-order valence-electron chi connectivity index (χ2n) is 4.17. The van der Waals surface area contributed by atoms with Gasteiger partial charge in [0.25, 0.3) is 0 Å². The summed E-state index contributed by atoms with van der Waals surface area (Å²) in [5.74, 6) is -0.322. The molecule has 0 aromatic carbocycles. The van der Waals surface area contributed by atoms with Gasteiger partial charge in [0, 0.05) is 7.05 Å². The molecular weight excluding hydrogens is 218 g/mol. The number of hydrogen-bond acceptors (Lipinski definition) is 4. The Labute approximate surface area is 93.1 Å². The van der Waals surface area contributed by atoms with Gasteiger partial charge in [-0.05, 0) is 20.8 Å². The lowest BCUT2D eigenvalue weighted by atomic mass is 10.2. The predicted molar refractivity (Wildman–Crippen MR) is 57.8 cm³/mol. The van der Waals surface area contributed by atoms with E-state index in [-0.39, 0.29) is 16.5 Å². The van der Waals surface area contributed by atoms with Crippen molar-refractivity contribution in [1.82, 2.24) is 9.78 Å². The van der Waals surface area contributed by atoms with Gasteiger partial charge >= 0.3 is 5.97 Å². The van der Waals surface area contributed by atoms with E-state index in [1.54, 1.807) is 27.8 Å². The van der Waals surface area contributed by atoms with Gasteiger partial charge in [-0.1, -0.05) is 11.6 Å². The summed E-state index contributed by atoms with van der Waals surface area (Å²) in [5, 5.41) is 4.01. The molecule has 0 amide bonds. The van der Waals surface area contributed by atoms with Crippen LogP contribution in [0.1, 0.15) is 31.3 Å². The Balaban J connectivity index is 2.98. The van der Waals surface area contributed by atoms with Crippen molar-refractivity contribution >= 4 is 23.4 Å². The second-order valence-corrected chi connectivity index (χ2v) is 4.55. The Morgan fingerprint density at radius 2 is 2.07 bits per heavy atom. The maximum atomic E-state index is 11.6. The largest absolute Gasteiger partial charge is 0.455 e. The number of nitrogens with zero attached hydrogens (tertiary/aromatic N) is 2. The number of carbonyl (C=O) groups excluding carboxylic acids is 1. The molecule has 15 heavy (non-hydrogen) atoms. The van der Waals surface area contributed by atoms with Gasteiger partial charge in [0.15, 0.2) is 5.69 Å². The van der Waals surface area contributed by atoms with Crippen molar-refractivity contribution in [2.24, 2.45) is 7.05 Å². The quantitative estimate of drug-likeness (QED) is 0.746. The summed E-state index contributed by atoms with van der Waals surface area (Å²) in [6, 6.07) is 0. The highest BCUT2D eigenvalue weighted by Crippen LogP contribution is 2.24. The Morgan fingerprint density at radius 3 is 2.40 bits per heavy atom. The van der Waals surface area contributed by atoms with Crippen LogP contribution in [0.25, 0.3) is 0 Å². The molecule has 6 heteroatoms. The Morgan fingerprint density at radius 1 is 1.53 bits per heavy atom. The van der Waals surface area contributed by atoms with Crippen molar-refractivity contribution in [1.29, 1.82) is 0 Å². The highest BCUT2D eigenvalue weighted by Gasteiger charge is 2.24. The lowest BCUT2D eigenvalue weighted by Gasteiger charge is -2.18. The molecule has 0 unspecified atom stereocenters. The molecule has 0 spiro atoms. The van der Waals surface area contributed by atoms with E-state index < -0.39 is 11.6 Å². The molecule has 0 aliphatic heterocycles. The number of halogens is 1. The number of aryl methyl sites for hydroxylation is 1. The van der Waals surface area contributed by atoms with Crippen LogP contribution in [0.4, 0.5) is 5.82 Å². The summed E-state index contributed by atoms with van der Waals surface area (Å²) in [4.78, 5) is 11.6. The first kappa shape index (κ1) is 11.8. The molecule has 84 valence electrons. The number of nitrogen functional groups attached to an aromatic ring is 1. The lowest BCUT2D eigenvalue weighted by Crippen LogP contribution is -2.24. The van der Waals surface area contributed by atoms with Crippen molar-refractivity contribution in [3.8, 4) is 0 Å². The van der Waals surface area contributed by atoms with E-state index in [9.17, 15) is 4.79 Å². The number of aromatic nitrogens is 2. The van der Waals surface area contributed by atoms with E-state index in [0.29, 0.717) is 0 Å². The van der Waals surface area contributed by atoms with Gasteiger partial charge < -0.3 is 10.5 Å². The maximum absolute atomic E-state index is 11.6. The predicted octanol–water partition coefficient (Wildman–Crippen LogP) is 1.61. The van der Waals surface area contributed by atoms with E-state index in [1.165, 1.54) is 4.68 Å². The summed E-state index contributed by atoms with van der Waals surface area (Å²) in [5.41, 5.74) is 5.04. The lowest BCUT2D eigenvalue weighted by molar-refractivity contribution is 0.00623. The molecule has 1 aromatic heterocycles. The minimum atomic E-state index is -0.577. The van der Waals surface area contributed by atoms with Crippen molar-refractivity contribution in [2.75, 3.05) is 5.73 Å². The number of rotatable bonds is 1. The van der Waals surface area contributed by atoms with E-state index in [1.807, 2.05) is 0 Å². The first-order valence-corrected chi connectivity index (χ1v) is 4.81. The first-order valence-electron chi connectivity index (χ1n) is 4.43. The van der Waals surface area contributed by atoms with Crippen molar-refractivity contribution in [2.45, 2.75) is 26.4 Å². The van der Waals surface area contributed by atoms with Gasteiger partial charge in [-0.3, -0.25) is 4.68 Å². The van der Waals surface area contributed by atoms with Crippen molar-refractivity contribution < 1.29 is 9.53 Å². The number of ether oxygens (including phenoxy) is 1. The molecule has 1 rings (SSSR count). The molecule has 0 saturated heterocycles. The third kappa shape index (κ3) is 2.62. The van der Waals surface area contributed by atoms with Crippen LogP contribution in [-0.4, -0.2) is 21.4 Å². The molecule has 0 aliphatic rings. The van der Waals surface area contributed by atoms with Crippen LogP contribution >= 0.6 is 11.6 Å². The summed E-state index contributed by atoms with van der Waals surface area (Å²) in [7, 11) is 1.61. The molecule has 1 aromatic rings. The van der Waals surface area contributed by atoms with Crippen LogP contribution in [0.3, 0.4) is 0 Å². The normalized spacial score (nSPS) is 11.5. The van der Waals surface area contributed by atoms with E-state index in [2.05, 4.69) is 5.10 Å². The van der Waals surface area contributed by atoms with Crippen LogP contribution in [0, 0.1) is 0 Å². The molecule has 0 fully saturated rings. The van der Waals surface area contributed by atoms with Gasteiger partial charge in [-0.2, -0.15) is 5.10 Å². The highest BCUT2D eigenvalue weighted by molar-refractivity contribution is 6.35. The van der Waals surface area contributed by atoms with E-state index >= 15 is 0 Å². The average molecular weight is 232 g/mol. The van der Waals surface area contributed by atoms with Gasteiger partial charge in [0.1, 0.15) is 16.4 Å². The summed E-state index contributed by atoms with van der Waals surface area (Å²) in [6.07, 6.45) is 0. The molecular formula is C9H14ClN3O2. The van der Waals surface area contributed by atoms with Crippen LogP contribution in [0.5, 0.6) is 0 Å². The molecule has 0 aliphatic carbocycles. The molecule has 0 atom stereocenters. The van der Waals surface area contributed by atoms with Crippen LogP contribution in [-0.2, 0) is 11.8 Å². The topological polar surface area (TPSA) is 70.1 Å². The number of esters is 1. The summed E-state index contributed by atoms with van der Waals surface area (Å²) >= 11 is 5.83. The second kappa shape index (κ2) is 3.73. The number of nitrogens with two attached hydrogens (primary N) is 1. The van der Waals surface area contributed by atoms with Crippen LogP contribution in [0.2, 0.25) is 5.02 Å². The third-order valence-electron chi connectivity index (χ3n) is 1.62. The summed E-state index contributed by atoms with van der Waals surface area (Å²) in [6.45, 7) is 5.31. The van der Waals surface area contributed by atoms with Gasteiger partial charge in [-0.25, -0.2) is 4.79 Å². The summed E-state index contributed by atoms with van der Waals surface area (Å²) < 4.78 is 6.45. The van der Waals surface area contributed by atoms with Gasteiger partial charge in [0.05, 0.1) is 0 Å². The zero-order valence-corrected chi connectivity index (χ0v) is 9.92. The first-order chi connectivity index (χ1) is 6.72. The molecule has 5 nitrogen and oxygen atoms in total. The fraction of sp³-hybridized carbons (Fsp3) is 0.556. The van der Waals surface area contributed by atoms with Crippen molar-refractivity contribution in [3.63, 3.8) is 0 Å². The standard InChI is InChI=1S/C9H14ClN3O2/c1-9(2,3)15-8(14)6-5(10)7(11)13(4)12-6/h11H2,1-4H3. The highest BCUT2D eigenvalue weighted by atomic mass is 35.5. The minimum absolute atomic E-state index is 0.0478. The molecule has 0 bridgehead atoms. The third-order valence-corrected chi connectivity index (χ3v) is 2.00. The zero-order valence-electron chi connectivity index (χ0n) is 9.17. The fourth-order valence-electron chi connectivity index (χ4n) is 0.968. The molecule has 2 N–H and O–H groups in total. The van der Waals surface area contributed by atoms with Crippen LogP contribution < -0.4 is 5.73 Å². The zero-order chi connectivity index (χ0) is 11.8. The SMILES string of the molecule is Cn1nc(C(=O)OC(C)(C)C)c(Cl)c1N. The molecule has 1 heterocycles. The van der Waals surface area contributed by atoms with Crippen LogP contribution in [0.15, 0.2) is 0 Å². The van der Waals surface area contributed by atoms with E-state index in [0.717, 1.165) is 0 Å². The van der Waals surface area contributed by atoms with E-state index in [4.69, 9.17) is 22.1 Å². The monoisotopic (exact) mass is 231 g/mol. The minimum Gasteiger partial charge on any atom is -0.455 e. The molecule has 0 saturated carbocycles. The molecule has 0 radical (unpaired) electrons.